The number of piperidine rings is 1. The topological polar surface area (TPSA) is 46.6 Å². The van der Waals surface area contributed by atoms with E-state index in [1.165, 1.54) is 7.11 Å². The Hall–Kier alpha value is -1.32. The molecule has 0 saturated carbocycles. The number of rotatable bonds is 3. The number of amides is 1. The van der Waals surface area contributed by atoms with Crippen LogP contribution in [0.15, 0.2) is 11.8 Å². The molecule has 0 aromatic rings. The fraction of sp³-hybridized carbons (Fsp3) is 0.636. The van der Waals surface area contributed by atoms with Crippen molar-refractivity contribution in [2.75, 3.05) is 13.7 Å². The van der Waals surface area contributed by atoms with Crippen LogP contribution in [-0.2, 0) is 14.3 Å². The van der Waals surface area contributed by atoms with Crippen LogP contribution in [0.3, 0.4) is 0 Å². The molecule has 4 heteroatoms. The predicted molar refractivity (Wildman–Crippen MR) is 56.0 cm³/mol. The van der Waals surface area contributed by atoms with Gasteiger partial charge in [0.05, 0.1) is 12.7 Å². The van der Waals surface area contributed by atoms with Crippen molar-refractivity contribution in [1.82, 2.24) is 4.90 Å². The maximum atomic E-state index is 11.5. The lowest BCUT2D eigenvalue weighted by Crippen LogP contribution is -2.31. The lowest BCUT2D eigenvalue weighted by atomic mass is 10.1. The third kappa shape index (κ3) is 3.08. The van der Waals surface area contributed by atoms with Gasteiger partial charge in [-0.1, -0.05) is 6.92 Å². The van der Waals surface area contributed by atoms with Gasteiger partial charge in [0.2, 0.25) is 5.91 Å². The Morgan fingerprint density at radius 2 is 2.27 bits per heavy atom. The Bertz CT molecular complexity index is 284. The Labute approximate surface area is 89.9 Å². The van der Waals surface area contributed by atoms with Crippen molar-refractivity contribution in [2.24, 2.45) is 0 Å². The number of ether oxygens (including phenoxy) is 1. The van der Waals surface area contributed by atoms with Gasteiger partial charge in [-0.15, -0.1) is 0 Å². The molecule has 0 spiro atoms. The average Bonchev–Trinajstić information content (AvgIpc) is 2.27. The van der Waals surface area contributed by atoms with Crippen LogP contribution in [0, 0.1) is 0 Å². The number of likely N-dealkylation sites (tertiary alicyclic amines) is 1. The zero-order valence-electron chi connectivity index (χ0n) is 9.28. The Balaban J connectivity index is 2.73. The monoisotopic (exact) mass is 211 g/mol. The normalized spacial score (nSPS) is 17.9. The van der Waals surface area contributed by atoms with Gasteiger partial charge in [0.25, 0.3) is 0 Å². The number of nitrogens with zero attached hydrogens (tertiary/aromatic N) is 1. The van der Waals surface area contributed by atoms with Gasteiger partial charge in [-0.3, -0.25) is 4.79 Å². The predicted octanol–water partition coefficient (Wildman–Crippen LogP) is 1.47. The Morgan fingerprint density at radius 1 is 1.53 bits per heavy atom. The summed E-state index contributed by atoms with van der Waals surface area (Å²) in [6.45, 7) is 2.58. The van der Waals surface area contributed by atoms with Crippen LogP contribution in [-0.4, -0.2) is 30.4 Å². The summed E-state index contributed by atoms with van der Waals surface area (Å²) >= 11 is 0. The van der Waals surface area contributed by atoms with Gasteiger partial charge in [-0.25, -0.2) is 4.79 Å². The zero-order valence-corrected chi connectivity index (χ0v) is 9.28. The molecular formula is C11H17NO3. The summed E-state index contributed by atoms with van der Waals surface area (Å²) in [4.78, 5) is 24.4. The molecule has 0 N–H and O–H groups in total. The van der Waals surface area contributed by atoms with E-state index in [9.17, 15) is 9.59 Å². The number of carbonyl (C=O) groups is 2. The smallest absolute Gasteiger partial charge is 0.335 e. The SMILES string of the molecule is CC/C(=C/N1CCCCC1=O)C(=O)OC. The third-order valence-corrected chi connectivity index (χ3v) is 2.50. The number of hydrogen-bond acceptors (Lipinski definition) is 3. The molecule has 1 heterocycles. The van der Waals surface area contributed by atoms with E-state index in [0.717, 1.165) is 12.8 Å². The van der Waals surface area contributed by atoms with Crippen LogP contribution < -0.4 is 0 Å². The van der Waals surface area contributed by atoms with Gasteiger partial charge in [0.1, 0.15) is 0 Å². The molecule has 1 aliphatic heterocycles. The third-order valence-electron chi connectivity index (χ3n) is 2.50. The highest BCUT2D eigenvalue weighted by Gasteiger charge is 2.18. The molecule has 0 unspecified atom stereocenters. The highest BCUT2D eigenvalue weighted by Crippen LogP contribution is 2.13. The second-order valence-electron chi connectivity index (χ2n) is 3.54. The van der Waals surface area contributed by atoms with E-state index in [4.69, 9.17) is 0 Å². The first-order valence-electron chi connectivity index (χ1n) is 5.27. The standard InChI is InChI=1S/C11H17NO3/c1-3-9(11(14)15-2)8-12-7-5-4-6-10(12)13/h8H,3-7H2,1-2H3/b9-8-. The Kier molecular flexibility index (Phi) is 4.34. The molecule has 0 radical (unpaired) electrons. The molecule has 84 valence electrons. The van der Waals surface area contributed by atoms with Gasteiger partial charge >= 0.3 is 5.97 Å². The number of methoxy groups -OCH3 is 1. The van der Waals surface area contributed by atoms with Crippen LogP contribution >= 0.6 is 0 Å². The summed E-state index contributed by atoms with van der Waals surface area (Å²) < 4.78 is 4.63. The first-order valence-corrected chi connectivity index (χ1v) is 5.27. The average molecular weight is 211 g/mol. The molecule has 0 atom stereocenters. The molecular weight excluding hydrogens is 194 g/mol. The lowest BCUT2D eigenvalue weighted by molar-refractivity contribution is -0.136. The van der Waals surface area contributed by atoms with Crippen LogP contribution in [0.5, 0.6) is 0 Å². The molecule has 0 aromatic carbocycles. The molecule has 15 heavy (non-hydrogen) atoms. The molecule has 0 bridgehead atoms. The first kappa shape index (κ1) is 11.8. The van der Waals surface area contributed by atoms with E-state index >= 15 is 0 Å². The van der Waals surface area contributed by atoms with Crippen molar-refractivity contribution < 1.29 is 14.3 Å². The van der Waals surface area contributed by atoms with E-state index < -0.39 is 0 Å². The summed E-state index contributed by atoms with van der Waals surface area (Å²) in [6, 6.07) is 0. The van der Waals surface area contributed by atoms with Crippen molar-refractivity contribution in [3.63, 3.8) is 0 Å². The minimum absolute atomic E-state index is 0.0936. The van der Waals surface area contributed by atoms with Crippen molar-refractivity contribution >= 4 is 11.9 Å². The van der Waals surface area contributed by atoms with Crippen LogP contribution in [0.25, 0.3) is 0 Å². The van der Waals surface area contributed by atoms with E-state index in [0.29, 0.717) is 25.0 Å². The van der Waals surface area contributed by atoms with Crippen LogP contribution in [0.2, 0.25) is 0 Å². The zero-order chi connectivity index (χ0) is 11.3. The largest absolute Gasteiger partial charge is 0.466 e. The van der Waals surface area contributed by atoms with Gasteiger partial charge in [-0.2, -0.15) is 0 Å². The lowest BCUT2D eigenvalue weighted by Gasteiger charge is -2.23. The van der Waals surface area contributed by atoms with Gasteiger partial charge < -0.3 is 9.64 Å². The number of carbonyl (C=O) groups excluding carboxylic acids is 2. The maximum Gasteiger partial charge on any atom is 0.335 e. The second-order valence-corrected chi connectivity index (χ2v) is 3.54. The van der Waals surface area contributed by atoms with Crippen molar-refractivity contribution in [3.8, 4) is 0 Å². The van der Waals surface area contributed by atoms with E-state index in [1.54, 1.807) is 11.1 Å². The summed E-state index contributed by atoms with van der Waals surface area (Å²) in [5, 5.41) is 0. The fourth-order valence-electron chi connectivity index (χ4n) is 1.57. The second kappa shape index (κ2) is 5.53. The van der Waals surface area contributed by atoms with E-state index in [1.807, 2.05) is 6.92 Å². The highest BCUT2D eigenvalue weighted by molar-refractivity contribution is 5.89. The summed E-state index contributed by atoms with van der Waals surface area (Å²) in [7, 11) is 1.35. The van der Waals surface area contributed by atoms with Crippen LogP contribution in [0.4, 0.5) is 0 Å². The van der Waals surface area contributed by atoms with Gasteiger partial charge in [0, 0.05) is 19.2 Å². The maximum absolute atomic E-state index is 11.5. The fourth-order valence-corrected chi connectivity index (χ4v) is 1.57. The first-order chi connectivity index (χ1) is 7.19. The number of hydrogen-bond donors (Lipinski definition) is 0. The van der Waals surface area contributed by atoms with Crippen LogP contribution in [0.1, 0.15) is 32.6 Å². The molecule has 0 aromatic heterocycles. The minimum Gasteiger partial charge on any atom is -0.466 e. The van der Waals surface area contributed by atoms with Gasteiger partial charge in [-0.05, 0) is 19.3 Å². The summed E-state index contributed by atoms with van der Waals surface area (Å²) in [5.74, 6) is -0.257. The van der Waals surface area contributed by atoms with E-state index in [2.05, 4.69) is 4.74 Å². The highest BCUT2D eigenvalue weighted by atomic mass is 16.5. The summed E-state index contributed by atoms with van der Waals surface area (Å²) in [6.07, 6.45) is 4.74. The van der Waals surface area contributed by atoms with Crippen molar-refractivity contribution in [1.29, 1.82) is 0 Å². The Morgan fingerprint density at radius 3 is 2.80 bits per heavy atom. The molecule has 0 aliphatic carbocycles. The quantitative estimate of drug-likeness (QED) is 0.524. The van der Waals surface area contributed by atoms with Gasteiger partial charge in [0.15, 0.2) is 0 Å². The molecule has 4 nitrogen and oxygen atoms in total. The molecule has 1 fully saturated rings. The van der Waals surface area contributed by atoms with Crippen molar-refractivity contribution in [2.45, 2.75) is 32.6 Å². The molecule has 1 amide bonds. The minimum atomic E-state index is -0.351. The summed E-state index contributed by atoms with van der Waals surface area (Å²) in [5.41, 5.74) is 0.549. The molecule has 1 rings (SSSR count). The molecule has 1 aliphatic rings. The van der Waals surface area contributed by atoms with E-state index in [-0.39, 0.29) is 11.9 Å². The molecule has 1 saturated heterocycles. The number of esters is 1. The van der Waals surface area contributed by atoms with Crippen molar-refractivity contribution in [3.05, 3.63) is 11.8 Å².